The summed E-state index contributed by atoms with van der Waals surface area (Å²) in [6.07, 6.45) is 10.2. The summed E-state index contributed by atoms with van der Waals surface area (Å²) in [5, 5.41) is 0. The third kappa shape index (κ3) is 2.29. The lowest BCUT2D eigenvalue weighted by atomic mass is 9.84. The predicted octanol–water partition coefficient (Wildman–Crippen LogP) is 8.48. The fraction of sp³-hybridized carbons (Fsp3) is 0.176. The van der Waals surface area contributed by atoms with E-state index in [0.29, 0.717) is 0 Å². The van der Waals surface area contributed by atoms with Gasteiger partial charge in [-0.15, -0.1) is 0 Å². The van der Waals surface area contributed by atoms with E-state index in [1.165, 1.54) is 72.3 Å². The second-order valence-electron chi connectivity index (χ2n) is 10.8. The van der Waals surface area contributed by atoms with Crippen LogP contribution in [-0.2, 0) is 18.3 Å². The Labute approximate surface area is 201 Å². The highest BCUT2D eigenvalue weighted by molar-refractivity contribution is 6.00. The van der Waals surface area contributed by atoms with Gasteiger partial charge in [-0.1, -0.05) is 92.7 Å². The fourth-order valence-corrected chi connectivity index (χ4v) is 6.96. The molecule has 0 unspecified atom stereocenters. The van der Waals surface area contributed by atoms with Gasteiger partial charge in [-0.3, -0.25) is 0 Å². The van der Waals surface area contributed by atoms with Crippen LogP contribution in [-0.4, -0.2) is 0 Å². The van der Waals surface area contributed by atoms with Gasteiger partial charge in [0.2, 0.25) is 0 Å². The van der Waals surface area contributed by atoms with Crippen LogP contribution < -0.4 is 0 Å². The molecule has 0 amide bonds. The van der Waals surface area contributed by atoms with E-state index in [2.05, 4.69) is 98.8 Å². The molecule has 0 heterocycles. The van der Waals surface area contributed by atoms with Gasteiger partial charge < -0.3 is 0 Å². The van der Waals surface area contributed by atoms with Gasteiger partial charge in [-0.05, 0) is 103 Å². The first kappa shape index (κ1) is 18.7. The monoisotopic (exact) mass is 434 g/mol. The van der Waals surface area contributed by atoms with Gasteiger partial charge in [0.05, 0.1) is 0 Å². The summed E-state index contributed by atoms with van der Waals surface area (Å²) in [4.78, 5) is 0. The average Bonchev–Trinajstić information content (AvgIpc) is 3.37. The van der Waals surface area contributed by atoms with E-state index < -0.39 is 0 Å². The fourth-order valence-electron chi connectivity index (χ4n) is 6.96. The Hall–Kier alpha value is -3.64. The number of hydrogen-bond donors (Lipinski definition) is 0. The minimum Gasteiger partial charge on any atom is -0.0801 e. The molecule has 0 radical (unpaired) electrons. The summed E-state index contributed by atoms with van der Waals surface area (Å²) >= 11 is 0. The SMILES string of the molecule is CC1(C)c2cc3c(c(-c4ccc5c(c4C4=CCC=C4)Cc4ccccc4-5)c21)Cc1ccccc1-3. The smallest absolute Gasteiger partial charge is 0.0159 e. The molecule has 4 aromatic carbocycles. The average molecular weight is 435 g/mol. The zero-order valence-electron chi connectivity index (χ0n) is 19.7. The van der Waals surface area contributed by atoms with E-state index in [1.807, 2.05) is 0 Å². The molecule has 4 aromatic rings. The van der Waals surface area contributed by atoms with E-state index in [9.17, 15) is 0 Å². The third-order valence-electron chi connectivity index (χ3n) is 8.66. The molecule has 0 atom stereocenters. The van der Waals surface area contributed by atoms with E-state index in [0.717, 1.165) is 19.3 Å². The van der Waals surface area contributed by atoms with Gasteiger partial charge in [0.1, 0.15) is 0 Å². The van der Waals surface area contributed by atoms with Gasteiger partial charge in [0, 0.05) is 5.41 Å². The zero-order chi connectivity index (χ0) is 22.6. The van der Waals surface area contributed by atoms with Crippen LogP contribution >= 0.6 is 0 Å². The highest BCUT2D eigenvalue weighted by Gasteiger charge is 2.47. The summed E-state index contributed by atoms with van der Waals surface area (Å²) in [5.74, 6) is 0. The molecular weight excluding hydrogens is 408 g/mol. The van der Waals surface area contributed by atoms with Crippen molar-refractivity contribution in [2.75, 3.05) is 0 Å². The molecule has 0 saturated carbocycles. The Morgan fingerprint density at radius 2 is 1.29 bits per heavy atom. The van der Waals surface area contributed by atoms with Crippen molar-refractivity contribution in [3.8, 4) is 33.4 Å². The Morgan fingerprint density at radius 1 is 0.647 bits per heavy atom. The molecule has 0 aromatic heterocycles. The number of fused-ring (bicyclic) bond motifs is 7. The Balaban J connectivity index is 1.45. The van der Waals surface area contributed by atoms with Gasteiger partial charge in [-0.25, -0.2) is 0 Å². The number of rotatable bonds is 2. The minimum atomic E-state index is 0.160. The van der Waals surface area contributed by atoms with Crippen molar-refractivity contribution in [1.82, 2.24) is 0 Å². The molecule has 0 nitrogen and oxygen atoms in total. The van der Waals surface area contributed by atoms with Crippen LogP contribution in [0, 0.1) is 0 Å². The Bertz CT molecular complexity index is 1640. The first-order valence-electron chi connectivity index (χ1n) is 12.5. The molecule has 162 valence electrons. The van der Waals surface area contributed by atoms with Gasteiger partial charge in [-0.2, -0.15) is 0 Å². The summed E-state index contributed by atoms with van der Waals surface area (Å²) in [6, 6.07) is 25.3. The van der Waals surface area contributed by atoms with E-state index >= 15 is 0 Å². The van der Waals surface area contributed by atoms with E-state index in [1.54, 1.807) is 5.56 Å². The maximum Gasteiger partial charge on any atom is 0.0159 e. The lowest BCUT2D eigenvalue weighted by Gasteiger charge is -2.19. The molecule has 0 saturated heterocycles. The van der Waals surface area contributed by atoms with Crippen LogP contribution in [0.3, 0.4) is 0 Å². The Morgan fingerprint density at radius 3 is 2.00 bits per heavy atom. The molecule has 0 aliphatic heterocycles. The predicted molar refractivity (Wildman–Crippen MR) is 142 cm³/mol. The zero-order valence-corrected chi connectivity index (χ0v) is 19.7. The Kier molecular flexibility index (Phi) is 3.46. The summed E-state index contributed by atoms with van der Waals surface area (Å²) in [5.41, 5.74) is 20.8. The minimum absolute atomic E-state index is 0.160. The van der Waals surface area contributed by atoms with Crippen molar-refractivity contribution in [3.05, 3.63) is 124 Å². The van der Waals surface area contributed by atoms with Crippen LogP contribution in [0.2, 0.25) is 0 Å². The first-order valence-corrected chi connectivity index (χ1v) is 12.5. The van der Waals surface area contributed by atoms with Crippen molar-refractivity contribution in [1.29, 1.82) is 0 Å². The first-order chi connectivity index (χ1) is 16.6. The number of allylic oxidation sites excluding steroid dienone is 4. The van der Waals surface area contributed by atoms with Crippen molar-refractivity contribution in [2.45, 2.75) is 38.5 Å². The summed E-state index contributed by atoms with van der Waals surface area (Å²) in [7, 11) is 0. The molecule has 0 bridgehead atoms. The van der Waals surface area contributed by atoms with Crippen LogP contribution in [0.1, 0.15) is 59.2 Å². The third-order valence-corrected chi connectivity index (χ3v) is 8.66. The highest BCUT2D eigenvalue weighted by atomic mass is 14.5. The summed E-state index contributed by atoms with van der Waals surface area (Å²) in [6.45, 7) is 4.81. The largest absolute Gasteiger partial charge is 0.0801 e. The second-order valence-corrected chi connectivity index (χ2v) is 10.8. The quantitative estimate of drug-likeness (QED) is 0.256. The van der Waals surface area contributed by atoms with Crippen LogP contribution in [0.4, 0.5) is 0 Å². The van der Waals surface area contributed by atoms with Crippen LogP contribution in [0.15, 0.2) is 85.0 Å². The molecule has 8 rings (SSSR count). The lowest BCUT2D eigenvalue weighted by Crippen LogP contribution is -2.00. The van der Waals surface area contributed by atoms with Crippen molar-refractivity contribution in [3.63, 3.8) is 0 Å². The topological polar surface area (TPSA) is 0 Å². The molecule has 0 spiro atoms. The summed E-state index contributed by atoms with van der Waals surface area (Å²) < 4.78 is 0. The van der Waals surface area contributed by atoms with Crippen molar-refractivity contribution >= 4 is 5.57 Å². The molecule has 4 aliphatic carbocycles. The number of hydrogen-bond acceptors (Lipinski definition) is 0. The van der Waals surface area contributed by atoms with E-state index in [-0.39, 0.29) is 5.41 Å². The van der Waals surface area contributed by atoms with Gasteiger partial charge in [0.25, 0.3) is 0 Å². The molecule has 0 heteroatoms. The molecule has 0 fully saturated rings. The normalized spacial score (nSPS) is 17.1. The lowest BCUT2D eigenvalue weighted by molar-refractivity contribution is 0.794. The second kappa shape index (κ2) is 6.27. The maximum absolute atomic E-state index is 2.50. The molecule has 4 aliphatic rings. The van der Waals surface area contributed by atoms with Crippen molar-refractivity contribution in [2.24, 2.45) is 0 Å². The molecule has 34 heavy (non-hydrogen) atoms. The number of benzene rings is 4. The molecule has 0 N–H and O–H groups in total. The van der Waals surface area contributed by atoms with E-state index in [4.69, 9.17) is 0 Å². The maximum atomic E-state index is 2.50. The van der Waals surface area contributed by atoms with Gasteiger partial charge in [0.15, 0.2) is 0 Å². The highest BCUT2D eigenvalue weighted by Crippen LogP contribution is 2.60. The molecular formula is C34H26. The van der Waals surface area contributed by atoms with Crippen molar-refractivity contribution < 1.29 is 0 Å². The van der Waals surface area contributed by atoms with Crippen LogP contribution in [0.5, 0.6) is 0 Å². The van der Waals surface area contributed by atoms with Crippen LogP contribution in [0.25, 0.3) is 39.0 Å². The van der Waals surface area contributed by atoms with Gasteiger partial charge >= 0.3 is 0 Å². The standard InChI is InChI=1S/C34H26/c1-34(2)30-19-27-24-14-8-6-12-22(24)18-29(27)32(33(30)34)26-16-15-25-23-13-7-5-11-21(23)17-28(25)31(26)20-9-3-4-10-20/h3,5-16,19H,4,17-18H2,1-2H3.